The Bertz CT molecular complexity index is 245. The van der Waals surface area contributed by atoms with Gasteiger partial charge in [0.1, 0.15) is 0 Å². The Labute approximate surface area is 113 Å². The van der Waals surface area contributed by atoms with E-state index in [0.717, 1.165) is 32.2 Å². The van der Waals surface area contributed by atoms with E-state index in [2.05, 4.69) is 12.2 Å². The highest BCUT2D eigenvalue weighted by atomic mass is 19.4. The Kier molecular flexibility index (Phi) is 9.87. The lowest BCUT2D eigenvalue weighted by Crippen LogP contribution is -2.37. The van der Waals surface area contributed by atoms with Crippen molar-refractivity contribution in [3.8, 4) is 0 Å². The molecule has 19 heavy (non-hydrogen) atoms. The fourth-order valence-corrected chi connectivity index (χ4v) is 1.73. The molecule has 114 valence electrons. The molecule has 0 amide bonds. The number of rotatable bonds is 11. The maximum Gasteiger partial charge on any atom is 0.449 e. The van der Waals surface area contributed by atoms with E-state index in [-0.39, 0.29) is 12.6 Å². The van der Waals surface area contributed by atoms with Crippen molar-refractivity contribution in [3.05, 3.63) is 0 Å². The number of hydrogen-bond acceptors (Lipinski definition) is 3. The molecule has 0 saturated carbocycles. The van der Waals surface area contributed by atoms with E-state index in [1.54, 1.807) is 0 Å². The summed E-state index contributed by atoms with van der Waals surface area (Å²) in [6, 6.07) is 0. The second-order valence-corrected chi connectivity index (χ2v) is 4.79. The Morgan fingerprint density at radius 2 is 1.84 bits per heavy atom. The van der Waals surface area contributed by atoms with Crippen LogP contribution in [0, 0.1) is 0 Å². The van der Waals surface area contributed by atoms with Crippen molar-refractivity contribution in [2.45, 2.75) is 70.6 Å². The molecule has 6 heteroatoms. The Balaban J connectivity index is 3.41. The minimum absolute atomic E-state index is 0.102. The largest absolute Gasteiger partial charge is 0.449 e. The molecular weight excluding hydrogens is 257 g/mol. The van der Waals surface area contributed by atoms with Crippen molar-refractivity contribution in [1.82, 2.24) is 5.32 Å². The Morgan fingerprint density at radius 3 is 2.42 bits per heavy atom. The topological polar surface area (TPSA) is 55.1 Å². The number of alkyl halides is 3. The second kappa shape index (κ2) is 10.2. The summed E-state index contributed by atoms with van der Waals surface area (Å²) in [6.07, 6.45) is 0.565. The predicted octanol–water partition coefficient (Wildman–Crippen LogP) is 3.13. The van der Waals surface area contributed by atoms with Gasteiger partial charge in [0, 0.05) is 6.42 Å². The highest BCUT2D eigenvalue weighted by Crippen LogP contribution is 2.19. The van der Waals surface area contributed by atoms with Gasteiger partial charge in [0.25, 0.3) is 0 Å². The average Bonchev–Trinajstić information content (AvgIpc) is 2.33. The van der Waals surface area contributed by atoms with Crippen LogP contribution < -0.4 is 11.1 Å². The number of Topliss-reactive ketones (excluding diaryl/α,β-unsaturated/α-hetero) is 1. The zero-order chi connectivity index (χ0) is 14.7. The second-order valence-electron chi connectivity index (χ2n) is 4.79. The van der Waals surface area contributed by atoms with Gasteiger partial charge in [-0.25, -0.2) is 0 Å². The van der Waals surface area contributed by atoms with Crippen molar-refractivity contribution < 1.29 is 18.0 Å². The third-order valence-corrected chi connectivity index (χ3v) is 2.92. The third kappa shape index (κ3) is 10.9. The lowest BCUT2D eigenvalue weighted by molar-refractivity contribution is -0.171. The first-order valence-electron chi connectivity index (χ1n) is 6.97. The highest BCUT2D eigenvalue weighted by molar-refractivity contribution is 5.83. The van der Waals surface area contributed by atoms with Gasteiger partial charge in [-0.1, -0.05) is 32.6 Å². The predicted molar refractivity (Wildman–Crippen MR) is 69.7 cm³/mol. The van der Waals surface area contributed by atoms with Crippen LogP contribution in [0.4, 0.5) is 13.2 Å². The van der Waals surface area contributed by atoms with Crippen molar-refractivity contribution in [1.29, 1.82) is 0 Å². The van der Waals surface area contributed by atoms with Gasteiger partial charge >= 0.3 is 6.18 Å². The van der Waals surface area contributed by atoms with Crippen LogP contribution in [0.25, 0.3) is 0 Å². The van der Waals surface area contributed by atoms with Crippen LogP contribution in [0.5, 0.6) is 0 Å². The first kappa shape index (κ1) is 18.4. The number of nitrogens with two attached hydrogens (primary N) is 1. The number of carbonyl (C=O) groups is 1. The van der Waals surface area contributed by atoms with E-state index in [0.29, 0.717) is 6.42 Å². The van der Waals surface area contributed by atoms with E-state index in [1.165, 1.54) is 6.42 Å². The zero-order valence-corrected chi connectivity index (χ0v) is 11.6. The highest BCUT2D eigenvalue weighted by Gasteiger charge is 2.36. The molecule has 0 aliphatic rings. The molecule has 0 saturated heterocycles. The van der Waals surface area contributed by atoms with Crippen LogP contribution >= 0.6 is 0 Å². The summed E-state index contributed by atoms with van der Waals surface area (Å²) in [5, 5.41) is 3.17. The fourth-order valence-electron chi connectivity index (χ4n) is 1.73. The average molecular weight is 282 g/mol. The molecule has 3 N–H and O–H groups in total. The summed E-state index contributed by atoms with van der Waals surface area (Å²) in [5.74, 6) is -1.63. The van der Waals surface area contributed by atoms with Crippen LogP contribution in [-0.4, -0.2) is 24.7 Å². The summed E-state index contributed by atoms with van der Waals surface area (Å²) < 4.78 is 35.7. The molecule has 1 unspecified atom stereocenters. The van der Waals surface area contributed by atoms with Gasteiger partial charge in [-0.3, -0.25) is 4.79 Å². The smallest absolute Gasteiger partial charge is 0.316 e. The Hall–Kier alpha value is -0.620. The number of hydrogen-bond donors (Lipinski definition) is 2. The molecule has 0 spiro atoms. The minimum atomic E-state index is -4.68. The SMILES string of the molecule is CCCCCNC(N)CCCCCC(=O)C(F)(F)F. The van der Waals surface area contributed by atoms with E-state index in [9.17, 15) is 18.0 Å². The third-order valence-electron chi connectivity index (χ3n) is 2.92. The molecule has 1 atom stereocenters. The molecule has 0 aliphatic heterocycles. The Morgan fingerprint density at radius 1 is 1.16 bits per heavy atom. The molecule has 0 rings (SSSR count). The molecular formula is C13H25F3N2O. The summed E-state index contributed by atoms with van der Waals surface area (Å²) in [4.78, 5) is 10.6. The number of nitrogens with one attached hydrogen (secondary N) is 1. The van der Waals surface area contributed by atoms with Gasteiger partial charge in [0.15, 0.2) is 0 Å². The van der Waals surface area contributed by atoms with Gasteiger partial charge in [-0.15, -0.1) is 0 Å². The fraction of sp³-hybridized carbons (Fsp3) is 0.923. The summed E-state index contributed by atoms with van der Waals surface area (Å²) in [5.41, 5.74) is 5.81. The molecule has 3 nitrogen and oxygen atoms in total. The maximum atomic E-state index is 11.9. The summed E-state index contributed by atoms with van der Waals surface area (Å²) >= 11 is 0. The normalized spacial score (nSPS) is 13.5. The molecule has 0 aromatic heterocycles. The number of ketones is 1. The standard InChI is InChI=1S/C13H25F3N2O/c1-2-3-7-10-18-12(17)9-6-4-5-8-11(19)13(14,15)16/h12,18H,2-10,17H2,1H3. The maximum absolute atomic E-state index is 11.9. The van der Waals surface area contributed by atoms with E-state index in [4.69, 9.17) is 5.73 Å². The molecule has 0 aromatic carbocycles. The molecule has 0 aliphatic carbocycles. The quantitative estimate of drug-likeness (QED) is 0.452. The van der Waals surface area contributed by atoms with Crippen molar-refractivity contribution >= 4 is 5.78 Å². The van der Waals surface area contributed by atoms with Crippen LogP contribution in [0.1, 0.15) is 58.3 Å². The number of halogens is 3. The van der Waals surface area contributed by atoms with Gasteiger partial charge in [0.05, 0.1) is 6.17 Å². The number of carbonyl (C=O) groups excluding carboxylic acids is 1. The van der Waals surface area contributed by atoms with Crippen LogP contribution in [0.2, 0.25) is 0 Å². The van der Waals surface area contributed by atoms with Crippen LogP contribution in [0.3, 0.4) is 0 Å². The zero-order valence-electron chi connectivity index (χ0n) is 11.6. The van der Waals surface area contributed by atoms with Crippen molar-refractivity contribution in [3.63, 3.8) is 0 Å². The minimum Gasteiger partial charge on any atom is -0.316 e. The molecule has 0 radical (unpaired) electrons. The number of unbranched alkanes of at least 4 members (excludes halogenated alkanes) is 4. The van der Waals surface area contributed by atoms with Gasteiger partial charge in [-0.2, -0.15) is 13.2 Å². The van der Waals surface area contributed by atoms with Gasteiger partial charge in [0.2, 0.25) is 5.78 Å². The van der Waals surface area contributed by atoms with E-state index < -0.39 is 18.4 Å². The molecule has 0 bridgehead atoms. The van der Waals surface area contributed by atoms with Gasteiger partial charge < -0.3 is 11.1 Å². The molecule has 0 aromatic rings. The summed E-state index contributed by atoms with van der Waals surface area (Å²) in [7, 11) is 0. The lowest BCUT2D eigenvalue weighted by atomic mass is 10.1. The van der Waals surface area contributed by atoms with Crippen LogP contribution in [0.15, 0.2) is 0 Å². The molecule has 0 heterocycles. The monoisotopic (exact) mass is 282 g/mol. The van der Waals surface area contributed by atoms with Gasteiger partial charge in [-0.05, 0) is 25.8 Å². The van der Waals surface area contributed by atoms with E-state index in [1.807, 2.05) is 0 Å². The van der Waals surface area contributed by atoms with Crippen LogP contribution in [-0.2, 0) is 4.79 Å². The summed E-state index contributed by atoms with van der Waals surface area (Å²) in [6.45, 7) is 3.00. The van der Waals surface area contributed by atoms with Crippen molar-refractivity contribution in [2.75, 3.05) is 6.54 Å². The lowest BCUT2D eigenvalue weighted by Gasteiger charge is -2.13. The van der Waals surface area contributed by atoms with E-state index >= 15 is 0 Å². The molecule has 0 fully saturated rings. The first-order valence-corrected chi connectivity index (χ1v) is 6.97. The first-order chi connectivity index (χ1) is 8.88. The van der Waals surface area contributed by atoms with Crippen molar-refractivity contribution in [2.24, 2.45) is 5.73 Å².